The third-order valence-corrected chi connectivity index (χ3v) is 4.20. The normalized spacial score (nSPS) is 11.6. The fourth-order valence-corrected chi connectivity index (χ4v) is 2.68. The lowest BCUT2D eigenvalue weighted by molar-refractivity contribution is -0.384. The van der Waals surface area contributed by atoms with Crippen LogP contribution in [0, 0.1) is 24.0 Å². The van der Waals surface area contributed by atoms with Gasteiger partial charge in [0.1, 0.15) is 5.69 Å². The lowest BCUT2D eigenvalue weighted by Gasteiger charge is -2.16. The van der Waals surface area contributed by atoms with Gasteiger partial charge in [-0.25, -0.2) is 4.79 Å². The van der Waals surface area contributed by atoms with Crippen molar-refractivity contribution < 1.29 is 19.2 Å². The molecule has 27 heavy (non-hydrogen) atoms. The summed E-state index contributed by atoms with van der Waals surface area (Å²) in [7, 11) is 3.34. The van der Waals surface area contributed by atoms with Crippen LogP contribution in [0.15, 0.2) is 36.4 Å². The van der Waals surface area contributed by atoms with Crippen molar-refractivity contribution >= 4 is 23.1 Å². The standard InChI is InChI=1S/C20H22N2O5/c1-12-6-7-13(2)16(10-12)19(23)14(3)27-20(24)15-8-9-17(21(4)5)18(11-15)22(25)26/h6-11,14H,1-5H3/t14-/m1/s1. The Bertz CT molecular complexity index is 905. The van der Waals surface area contributed by atoms with Crippen LogP contribution in [0.2, 0.25) is 0 Å². The van der Waals surface area contributed by atoms with E-state index < -0.39 is 17.0 Å². The third-order valence-electron chi connectivity index (χ3n) is 4.20. The van der Waals surface area contributed by atoms with Crippen LogP contribution in [0.4, 0.5) is 11.4 Å². The Balaban J connectivity index is 2.23. The highest BCUT2D eigenvalue weighted by atomic mass is 16.6. The molecule has 2 rings (SSSR count). The second-order valence-corrected chi connectivity index (χ2v) is 6.59. The maximum atomic E-state index is 12.6. The maximum Gasteiger partial charge on any atom is 0.339 e. The number of nitrogens with zero attached hydrogens (tertiary/aromatic N) is 2. The number of carbonyl (C=O) groups excluding carboxylic acids is 2. The summed E-state index contributed by atoms with van der Waals surface area (Å²) in [6.45, 7) is 5.17. The average Bonchev–Trinajstić information content (AvgIpc) is 2.62. The summed E-state index contributed by atoms with van der Waals surface area (Å²) in [6.07, 6.45) is -1.01. The molecule has 0 saturated heterocycles. The molecule has 1 atom stereocenters. The predicted octanol–water partition coefficient (Wildman–Crippen LogP) is 3.71. The van der Waals surface area contributed by atoms with Gasteiger partial charge in [-0.15, -0.1) is 0 Å². The number of aryl methyl sites for hydroxylation is 2. The van der Waals surface area contributed by atoms with E-state index in [9.17, 15) is 19.7 Å². The number of Topliss-reactive ketones (excluding diaryl/α,β-unsaturated/α-hetero) is 1. The first-order chi connectivity index (χ1) is 12.6. The van der Waals surface area contributed by atoms with E-state index in [1.54, 1.807) is 25.1 Å². The highest BCUT2D eigenvalue weighted by molar-refractivity contribution is 6.02. The van der Waals surface area contributed by atoms with Crippen molar-refractivity contribution in [3.63, 3.8) is 0 Å². The number of nitro groups is 1. The molecule has 0 aliphatic heterocycles. The summed E-state index contributed by atoms with van der Waals surface area (Å²) in [5, 5.41) is 11.3. The van der Waals surface area contributed by atoms with E-state index in [1.165, 1.54) is 19.1 Å². The Hall–Kier alpha value is -3.22. The Labute approximate surface area is 157 Å². The molecule has 0 aliphatic carbocycles. The molecule has 7 nitrogen and oxygen atoms in total. The van der Waals surface area contributed by atoms with Crippen molar-refractivity contribution in [1.29, 1.82) is 0 Å². The van der Waals surface area contributed by atoms with Crippen LogP contribution in [0.3, 0.4) is 0 Å². The van der Waals surface area contributed by atoms with Crippen LogP contribution in [0.5, 0.6) is 0 Å². The molecule has 0 spiro atoms. The summed E-state index contributed by atoms with van der Waals surface area (Å²) >= 11 is 0. The number of esters is 1. The molecule has 2 aromatic rings. The SMILES string of the molecule is Cc1ccc(C)c(C(=O)[C@@H](C)OC(=O)c2ccc(N(C)C)c([N+](=O)[O-])c2)c1. The van der Waals surface area contributed by atoms with E-state index in [-0.39, 0.29) is 17.0 Å². The van der Waals surface area contributed by atoms with E-state index in [2.05, 4.69) is 0 Å². The quantitative estimate of drug-likeness (QED) is 0.333. The lowest BCUT2D eigenvalue weighted by Crippen LogP contribution is -2.25. The van der Waals surface area contributed by atoms with Crippen molar-refractivity contribution in [1.82, 2.24) is 0 Å². The van der Waals surface area contributed by atoms with Gasteiger partial charge in [-0.3, -0.25) is 14.9 Å². The van der Waals surface area contributed by atoms with Gasteiger partial charge in [0.25, 0.3) is 5.69 Å². The van der Waals surface area contributed by atoms with Crippen LogP contribution >= 0.6 is 0 Å². The zero-order valence-electron chi connectivity index (χ0n) is 16.0. The Morgan fingerprint density at radius 2 is 1.78 bits per heavy atom. The van der Waals surface area contributed by atoms with Crippen molar-refractivity contribution in [3.05, 3.63) is 68.8 Å². The molecule has 0 unspecified atom stereocenters. The minimum atomic E-state index is -1.01. The van der Waals surface area contributed by atoms with Crippen molar-refractivity contribution in [2.45, 2.75) is 26.9 Å². The Kier molecular flexibility index (Phi) is 5.95. The van der Waals surface area contributed by atoms with Crippen LogP contribution < -0.4 is 4.90 Å². The van der Waals surface area contributed by atoms with Crippen molar-refractivity contribution in [2.24, 2.45) is 0 Å². The lowest BCUT2D eigenvalue weighted by atomic mass is 9.99. The summed E-state index contributed by atoms with van der Waals surface area (Å²) in [6, 6.07) is 9.56. The van der Waals surface area contributed by atoms with Crippen LogP contribution in [-0.2, 0) is 4.74 Å². The third kappa shape index (κ3) is 4.49. The average molecular weight is 370 g/mol. The molecule has 2 aromatic carbocycles. The number of hydrogen-bond donors (Lipinski definition) is 0. The van der Waals surface area contributed by atoms with Crippen LogP contribution in [0.25, 0.3) is 0 Å². The molecule has 0 bridgehead atoms. The highest BCUT2D eigenvalue weighted by Gasteiger charge is 2.24. The van der Waals surface area contributed by atoms with E-state index in [0.717, 1.165) is 17.2 Å². The molecule has 7 heteroatoms. The summed E-state index contributed by atoms with van der Waals surface area (Å²) in [4.78, 5) is 37.3. The molecule has 0 aromatic heterocycles. The molecule has 0 amide bonds. The summed E-state index contributed by atoms with van der Waals surface area (Å²) < 4.78 is 5.26. The van der Waals surface area contributed by atoms with E-state index >= 15 is 0 Å². The smallest absolute Gasteiger partial charge is 0.339 e. The molecule has 0 aliphatic rings. The molecule has 0 radical (unpaired) electrons. The predicted molar refractivity (Wildman–Crippen MR) is 103 cm³/mol. The zero-order chi connectivity index (χ0) is 20.3. The molecule has 0 N–H and O–H groups in total. The van der Waals surface area contributed by atoms with Crippen LogP contribution in [-0.4, -0.2) is 36.9 Å². The number of rotatable bonds is 6. The van der Waals surface area contributed by atoms with Crippen molar-refractivity contribution in [2.75, 3.05) is 19.0 Å². The Morgan fingerprint density at radius 1 is 1.11 bits per heavy atom. The number of anilines is 1. The van der Waals surface area contributed by atoms with Gasteiger partial charge in [0.2, 0.25) is 5.78 Å². The van der Waals surface area contributed by atoms with E-state index in [0.29, 0.717) is 11.3 Å². The summed E-state index contributed by atoms with van der Waals surface area (Å²) in [5.41, 5.74) is 2.40. The topological polar surface area (TPSA) is 89.8 Å². The highest BCUT2D eigenvalue weighted by Crippen LogP contribution is 2.28. The van der Waals surface area contributed by atoms with Gasteiger partial charge in [0.15, 0.2) is 6.10 Å². The fourth-order valence-electron chi connectivity index (χ4n) is 2.68. The first kappa shape index (κ1) is 20.1. The van der Waals surface area contributed by atoms with Gasteiger partial charge >= 0.3 is 5.97 Å². The zero-order valence-corrected chi connectivity index (χ0v) is 16.0. The minimum absolute atomic E-state index is 0.0212. The summed E-state index contributed by atoms with van der Waals surface area (Å²) in [5.74, 6) is -1.10. The van der Waals surface area contributed by atoms with Gasteiger partial charge in [0, 0.05) is 25.7 Å². The molecular formula is C20H22N2O5. The number of hydrogen-bond acceptors (Lipinski definition) is 6. The van der Waals surface area contributed by atoms with Gasteiger partial charge in [0.05, 0.1) is 10.5 Å². The molecule has 0 heterocycles. The monoisotopic (exact) mass is 370 g/mol. The fraction of sp³-hybridized carbons (Fsp3) is 0.300. The van der Waals surface area contributed by atoms with Gasteiger partial charge in [-0.1, -0.05) is 17.7 Å². The van der Waals surface area contributed by atoms with Gasteiger partial charge < -0.3 is 9.64 Å². The molecular weight excluding hydrogens is 348 g/mol. The van der Waals surface area contributed by atoms with Crippen LogP contribution in [0.1, 0.15) is 38.8 Å². The number of ether oxygens (including phenoxy) is 1. The van der Waals surface area contributed by atoms with Gasteiger partial charge in [-0.05, 0) is 44.5 Å². The largest absolute Gasteiger partial charge is 0.451 e. The minimum Gasteiger partial charge on any atom is -0.451 e. The second kappa shape index (κ2) is 7.99. The molecule has 0 saturated carbocycles. The molecule has 0 fully saturated rings. The molecule has 142 valence electrons. The maximum absolute atomic E-state index is 12.6. The first-order valence-electron chi connectivity index (χ1n) is 8.40. The van der Waals surface area contributed by atoms with Crippen molar-refractivity contribution in [3.8, 4) is 0 Å². The van der Waals surface area contributed by atoms with E-state index in [4.69, 9.17) is 4.74 Å². The first-order valence-corrected chi connectivity index (χ1v) is 8.40. The number of carbonyl (C=O) groups is 2. The van der Waals surface area contributed by atoms with E-state index in [1.807, 2.05) is 26.0 Å². The number of benzene rings is 2. The Morgan fingerprint density at radius 3 is 2.37 bits per heavy atom. The number of nitro benzene ring substituents is 1. The number of ketones is 1. The second-order valence-electron chi connectivity index (χ2n) is 6.59. The van der Waals surface area contributed by atoms with Gasteiger partial charge in [-0.2, -0.15) is 0 Å².